The normalized spacial score (nSPS) is 12.2. The van der Waals surface area contributed by atoms with E-state index in [1.165, 1.54) is 0 Å². The molecule has 0 amide bonds. The zero-order valence-corrected chi connectivity index (χ0v) is 18.4. The number of unbranched alkanes of at least 4 members (excludes halogenated alkanes) is 6. The van der Waals surface area contributed by atoms with Crippen LogP contribution in [0.15, 0.2) is 0 Å². The average Bonchev–Trinajstić information content (AvgIpc) is 2.64. The number of rotatable bonds is 18. The van der Waals surface area contributed by atoms with Gasteiger partial charge < -0.3 is 9.47 Å². The van der Waals surface area contributed by atoms with Gasteiger partial charge in [0.1, 0.15) is 6.10 Å². The lowest BCUT2D eigenvalue weighted by Gasteiger charge is -2.15. The van der Waals surface area contributed by atoms with Crippen molar-refractivity contribution in [2.45, 2.75) is 124 Å². The minimum atomic E-state index is -0.0601. The van der Waals surface area contributed by atoms with Crippen LogP contribution in [0, 0.1) is 5.92 Å². The van der Waals surface area contributed by atoms with Crippen molar-refractivity contribution < 1.29 is 19.1 Å². The van der Waals surface area contributed by atoms with Gasteiger partial charge in [-0.15, -0.1) is 0 Å². The van der Waals surface area contributed by atoms with Crippen molar-refractivity contribution in [2.75, 3.05) is 6.61 Å². The molecule has 0 heterocycles. The second kappa shape index (κ2) is 18.3. The Kier molecular flexibility index (Phi) is 17.6. The van der Waals surface area contributed by atoms with Gasteiger partial charge in [-0.25, -0.2) is 0 Å². The molecule has 0 radical (unpaired) electrons. The predicted octanol–water partition coefficient (Wildman–Crippen LogP) is 6.60. The number of carbonyl (C=O) groups is 2. The molecule has 160 valence electrons. The molecule has 27 heavy (non-hydrogen) atoms. The summed E-state index contributed by atoms with van der Waals surface area (Å²) in [5.74, 6) is 0.563. The van der Waals surface area contributed by atoms with Crippen molar-refractivity contribution in [1.29, 1.82) is 0 Å². The highest BCUT2D eigenvalue weighted by Gasteiger charge is 2.11. The minimum absolute atomic E-state index is 0.0434. The summed E-state index contributed by atoms with van der Waals surface area (Å²) in [6, 6.07) is 0. The molecule has 1 unspecified atom stereocenters. The zero-order valence-electron chi connectivity index (χ0n) is 18.4. The number of hydrogen-bond acceptors (Lipinski definition) is 4. The van der Waals surface area contributed by atoms with Crippen molar-refractivity contribution >= 4 is 11.9 Å². The third-order valence-electron chi connectivity index (χ3n) is 4.83. The smallest absolute Gasteiger partial charge is 0.306 e. The molecule has 0 saturated carbocycles. The summed E-state index contributed by atoms with van der Waals surface area (Å²) in [4.78, 5) is 23.5. The van der Waals surface area contributed by atoms with E-state index in [1.807, 2.05) is 0 Å². The van der Waals surface area contributed by atoms with Crippen molar-refractivity contribution in [1.82, 2.24) is 0 Å². The second-order valence-corrected chi connectivity index (χ2v) is 8.04. The molecule has 0 fully saturated rings. The van der Waals surface area contributed by atoms with E-state index < -0.39 is 0 Å². The maximum Gasteiger partial charge on any atom is 0.306 e. The molecule has 4 nitrogen and oxygen atoms in total. The monoisotopic (exact) mass is 384 g/mol. The van der Waals surface area contributed by atoms with Crippen LogP contribution in [0.2, 0.25) is 0 Å². The molecule has 0 bridgehead atoms. The summed E-state index contributed by atoms with van der Waals surface area (Å²) in [6.07, 6.45) is 13.5. The Morgan fingerprint density at radius 1 is 0.741 bits per heavy atom. The maximum absolute atomic E-state index is 11.9. The SMILES string of the molecule is CCCCC(CC)OC(=O)CCCCCCCCC(=O)OCCCC(C)C. The van der Waals surface area contributed by atoms with Crippen LogP contribution in [0.1, 0.15) is 118 Å². The Morgan fingerprint density at radius 2 is 1.33 bits per heavy atom. The molecule has 0 aliphatic rings. The van der Waals surface area contributed by atoms with E-state index in [4.69, 9.17) is 9.47 Å². The van der Waals surface area contributed by atoms with Gasteiger partial charge in [0.15, 0.2) is 0 Å². The first kappa shape index (κ1) is 25.9. The topological polar surface area (TPSA) is 52.6 Å². The van der Waals surface area contributed by atoms with Gasteiger partial charge in [0, 0.05) is 12.8 Å². The first-order valence-corrected chi connectivity index (χ1v) is 11.3. The molecule has 0 saturated heterocycles. The van der Waals surface area contributed by atoms with Crippen molar-refractivity contribution in [2.24, 2.45) is 5.92 Å². The Bertz CT molecular complexity index is 365. The molecule has 0 aromatic rings. The average molecular weight is 385 g/mol. The molecule has 4 heteroatoms. The van der Waals surface area contributed by atoms with Gasteiger partial charge in [0.05, 0.1) is 6.61 Å². The molecule has 0 N–H and O–H groups in total. The fourth-order valence-corrected chi connectivity index (χ4v) is 3.02. The lowest BCUT2D eigenvalue weighted by molar-refractivity contribution is -0.149. The van der Waals surface area contributed by atoms with Crippen molar-refractivity contribution in [3.8, 4) is 0 Å². The van der Waals surface area contributed by atoms with Gasteiger partial charge in [-0.2, -0.15) is 0 Å². The summed E-state index contributed by atoms with van der Waals surface area (Å²) >= 11 is 0. The van der Waals surface area contributed by atoms with E-state index in [-0.39, 0.29) is 18.0 Å². The van der Waals surface area contributed by atoms with Gasteiger partial charge in [0.25, 0.3) is 0 Å². The van der Waals surface area contributed by atoms with Crippen LogP contribution in [0.4, 0.5) is 0 Å². The fourth-order valence-electron chi connectivity index (χ4n) is 3.02. The van der Waals surface area contributed by atoms with Gasteiger partial charge >= 0.3 is 11.9 Å². The quantitative estimate of drug-likeness (QED) is 0.197. The summed E-state index contributed by atoms with van der Waals surface area (Å²) in [5.41, 5.74) is 0. The largest absolute Gasteiger partial charge is 0.466 e. The molecule has 1 atom stereocenters. The van der Waals surface area contributed by atoms with E-state index in [9.17, 15) is 9.59 Å². The summed E-state index contributed by atoms with van der Waals surface area (Å²) in [6.45, 7) is 9.16. The highest BCUT2D eigenvalue weighted by molar-refractivity contribution is 5.69. The van der Waals surface area contributed by atoms with Crippen LogP contribution >= 0.6 is 0 Å². The highest BCUT2D eigenvalue weighted by Crippen LogP contribution is 2.13. The predicted molar refractivity (Wildman–Crippen MR) is 112 cm³/mol. The van der Waals surface area contributed by atoms with E-state index >= 15 is 0 Å². The van der Waals surface area contributed by atoms with E-state index in [1.54, 1.807) is 0 Å². The molecular formula is C23H44O4. The third kappa shape index (κ3) is 18.1. The van der Waals surface area contributed by atoms with Gasteiger partial charge in [0.2, 0.25) is 0 Å². The maximum atomic E-state index is 11.9. The van der Waals surface area contributed by atoms with E-state index in [2.05, 4.69) is 27.7 Å². The Morgan fingerprint density at radius 3 is 1.89 bits per heavy atom. The molecular weight excluding hydrogens is 340 g/mol. The molecule has 0 aromatic carbocycles. The molecule has 0 aromatic heterocycles. The van der Waals surface area contributed by atoms with Crippen molar-refractivity contribution in [3.63, 3.8) is 0 Å². The Labute approximate surface area is 167 Å². The first-order chi connectivity index (χ1) is 13.0. The van der Waals surface area contributed by atoms with Crippen LogP contribution in [0.25, 0.3) is 0 Å². The van der Waals surface area contributed by atoms with Gasteiger partial charge in [-0.05, 0) is 44.4 Å². The number of hydrogen-bond donors (Lipinski definition) is 0. The second-order valence-electron chi connectivity index (χ2n) is 8.04. The van der Waals surface area contributed by atoms with Crippen molar-refractivity contribution in [3.05, 3.63) is 0 Å². The van der Waals surface area contributed by atoms with Crippen LogP contribution < -0.4 is 0 Å². The van der Waals surface area contributed by atoms with Gasteiger partial charge in [-0.3, -0.25) is 9.59 Å². The summed E-state index contributed by atoms with van der Waals surface area (Å²) in [5, 5.41) is 0. The Hall–Kier alpha value is -1.06. The van der Waals surface area contributed by atoms with Crippen LogP contribution in [0.3, 0.4) is 0 Å². The van der Waals surface area contributed by atoms with E-state index in [0.29, 0.717) is 25.4 Å². The fraction of sp³-hybridized carbons (Fsp3) is 0.913. The molecule has 0 aliphatic carbocycles. The summed E-state index contributed by atoms with van der Waals surface area (Å²) in [7, 11) is 0. The zero-order chi connectivity index (χ0) is 20.3. The van der Waals surface area contributed by atoms with Gasteiger partial charge in [-0.1, -0.05) is 66.2 Å². The molecule has 0 spiro atoms. The molecule has 0 rings (SSSR count). The number of ether oxygens (including phenoxy) is 2. The number of esters is 2. The van der Waals surface area contributed by atoms with Crippen LogP contribution in [-0.4, -0.2) is 24.6 Å². The van der Waals surface area contributed by atoms with Crippen LogP contribution in [0.5, 0.6) is 0 Å². The standard InChI is InChI=1S/C23H44O4/c1-5-7-16-21(6-2)27-23(25)18-13-11-9-8-10-12-17-22(24)26-19-14-15-20(3)4/h20-21H,5-19H2,1-4H3. The lowest BCUT2D eigenvalue weighted by atomic mass is 10.1. The first-order valence-electron chi connectivity index (χ1n) is 11.3. The van der Waals surface area contributed by atoms with Crippen LogP contribution in [-0.2, 0) is 19.1 Å². The molecule has 0 aliphatic heterocycles. The number of carbonyl (C=O) groups excluding carboxylic acids is 2. The Balaban J connectivity index is 3.45. The highest BCUT2D eigenvalue weighted by atomic mass is 16.5. The third-order valence-corrected chi connectivity index (χ3v) is 4.83. The minimum Gasteiger partial charge on any atom is -0.466 e. The van der Waals surface area contributed by atoms with E-state index in [0.717, 1.165) is 77.0 Å². The summed E-state index contributed by atoms with van der Waals surface area (Å²) < 4.78 is 10.8. The lowest BCUT2D eigenvalue weighted by Crippen LogP contribution is -2.17.